The molecule has 0 radical (unpaired) electrons. The van der Waals surface area contributed by atoms with Gasteiger partial charge < -0.3 is 10.2 Å². The maximum atomic E-state index is 12.6. The first-order chi connectivity index (χ1) is 12.6. The minimum absolute atomic E-state index is 0.0123. The lowest BCUT2D eigenvalue weighted by atomic mass is 9.97. The van der Waals surface area contributed by atoms with Crippen LogP contribution >= 0.6 is 11.6 Å². The summed E-state index contributed by atoms with van der Waals surface area (Å²) in [4.78, 5) is 45.5. The third kappa shape index (κ3) is 3.46. The Labute approximate surface area is 155 Å². The lowest BCUT2D eigenvalue weighted by molar-refractivity contribution is -0.142. The van der Waals surface area contributed by atoms with E-state index in [9.17, 15) is 27.6 Å². The Hall–Kier alpha value is -2.69. The fourth-order valence-electron chi connectivity index (χ4n) is 2.75. The predicted octanol–water partition coefficient (Wildman–Crippen LogP) is 1.49. The molecule has 0 bridgehead atoms. The number of nitrogens with zero attached hydrogens (tertiary/aromatic N) is 3. The molecule has 1 aromatic heterocycles. The molecule has 2 amide bonds. The van der Waals surface area contributed by atoms with Crippen molar-refractivity contribution in [2.45, 2.75) is 19.2 Å². The Morgan fingerprint density at radius 2 is 2.07 bits per heavy atom. The molecule has 3 heterocycles. The smallest absolute Gasteiger partial charge is 0.381 e. The predicted molar refractivity (Wildman–Crippen MR) is 85.9 cm³/mol. The van der Waals surface area contributed by atoms with E-state index in [1.54, 1.807) is 0 Å². The number of ketones is 1. The zero-order chi connectivity index (χ0) is 19.9. The molecule has 0 aromatic carbocycles. The highest BCUT2D eigenvalue weighted by atomic mass is 35.5. The number of fused-ring (bicyclic) bond motifs is 1. The highest BCUT2D eigenvalue weighted by molar-refractivity contribution is 6.45. The van der Waals surface area contributed by atoms with Crippen molar-refractivity contribution in [2.75, 3.05) is 18.4 Å². The van der Waals surface area contributed by atoms with Crippen LogP contribution in [0, 0.1) is 5.92 Å². The molecular weight excluding hydrogens is 393 g/mol. The number of rotatable bonds is 5. The molecule has 0 unspecified atom stereocenters. The van der Waals surface area contributed by atoms with Gasteiger partial charge in [-0.15, -0.1) is 0 Å². The number of Topliss-reactive ketones (excluding diaryl/α,β-unsaturated/α-hetero) is 1. The number of oxime groups is 1. The molecule has 0 aliphatic carbocycles. The van der Waals surface area contributed by atoms with Crippen molar-refractivity contribution >= 4 is 40.7 Å². The Morgan fingerprint density at radius 1 is 1.37 bits per heavy atom. The van der Waals surface area contributed by atoms with Crippen molar-refractivity contribution in [3.63, 3.8) is 0 Å². The summed E-state index contributed by atoms with van der Waals surface area (Å²) in [5, 5.41) is 5.90. The quantitative estimate of drug-likeness (QED) is 0.746. The minimum atomic E-state index is -4.57. The fourth-order valence-corrected chi connectivity index (χ4v) is 2.98. The first-order valence-electron chi connectivity index (χ1n) is 7.67. The Balaban J connectivity index is 1.63. The largest absolute Gasteiger partial charge is 0.417 e. The van der Waals surface area contributed by atoms with Gasteiger partial charge in [0.15, 0.2) is 5.78 Å². The summed E-state index contributed by atoms with van der Waals surface area (Å²) in [5.74, 6) is -2.82. The van der Waals surface area contributed by atoms with E-state index in [1.165, 1.54) is 6.92 Å². The van der Waals surface area contributed by atoms with E-state index in [4.69, 9.17) is 16.4 Å². The molecule has 12 heteroatoms. The zero-order valence-electron chi connectivity index (χ0n) is 13.7. The van der Waals surface area contributed by atoms with Gasteiger partial charge in [0.2, 0.25) is 12.0 Å². The average molecular weight is 405 g/mol. The Bertz CT molecular complexity index is 858. The van der Waals surface area contributed by atoms with E-state index < -0.39 is 41.4 Å². The molecule has 0 saturated carbocycles. The third-order valence-corrected chi connectivity index (χ3v) is 4.35. The number of aromatic nitrogens is 1. The molecule has 2 aliphatic heterocycles. The van der Waals surface area contributed by atoms with Gasteiger partial charge in [-0.2, -0.15) is 13.2 Å². The van der Waals surface area contributed by atoms with Crippen LogP contribution < -0.4 is 5.32 Å². The highest BCUT2D eigenvalue weighted by Crippen LogP contribution is 2.33. The van der Waals surface area contributed by atoms with E-state index in [1.807, 2.05) is 0 Å². The van der Waals surface area contributed by atoms with Gasteiger partial charge in [-0.3, -0.25) is 19.3 Å². The number of carbonyl (C=O) groups is 3. The summed E-state index contributed by atoms with van der Waals surface area (Å²) >= 11 is 5.77. The van der Waals surface area contributed by atoms with E-state index in [0.29, 0.717) is 6.20 Å². The molecular formula is C15H12ClF3N4O4. The number of halogens is 4. The summed E-state index contributed by atoms with van der Waals surface area (Å²) in [5.41, 5.74) is -1.11. The van der Waals surface area contributed by atoms with Crippen molar-refractivity contribution in [3.8, 4) is 0 Å². The molecule has 1 N–H and O–H groups in total. The van der Waals surface area contributed by atoms with E-state index in [0.717, 1.165) is 11.0 Å². The second kappa shape index (κ2) is 6.80. The molecule has 1 fully saturated rings. The van der Waals surface area contributed by atoms with Crippen LogP contribution in [0.3, 0.4) is 0 Å². The molecule has 2 aliphatic rings. The molecule has 144 valence electrons. The van der Waals surface area contributed by atoms with Gasteiger partial charge in [-0.25, -0.2) is 4.98 Å². The number of alkyl halides is 3. The Morgan fingerprint density at radius 3 is 2.67 bits per heavy atom. The first kappa shape index (κ1) is 19.1. The summed E-state index contributed by atoms with van der Waals surface area (Å²) in [7, 11) is 0. The van der Waals surface area contributed by atoms with Gasteiger partial charge in [0.25, 0.3) is 5.91 Å². The maximum Gasteiger partial charge on any atom is 0.417 e. The van der Waals surface area contributed by atoms with Crippen molar-refractivity contribution in [3.05, 3.63) is 22.8 Å². The summed E-state index contributed by atoms with van der Waals surface area (Å²) in [6, 6.07) is 0.719. The van der Waals surface area contributed by atoms with E-state index in [-0.39, 0.29) is 29.6 Å². The van der Waals surface area contributed by atoms with Gasteiger partial charge in [0.1, 0.15) is 17.4 Å². The van der Waals surface area contributed by atoms with Gasteiger partial charge >= 0.3 is 6.18 Å². The van der Waals surface area contributed by atoms with Gasteiger partial charge in [0, 0.05) is 26.2 Å². The van der Waals surface area contributed by atoms with Crippen molar-refractivity contribution in [1.29, 1.82) is 0 Å². The van der Waals surface area contributed by atoms with Crippen molar-refractivity contribution in [2.24, 2.45) is 11.1 Å². The van der Waals surface area contributed by atoms with Gasteiger partial charge in [-0.1, -0.05) is 16.8 Å². The number of carbonyl (C=O) groups excluding carboxylic acids is 3. The molecule has 27 heavy (non-hydrogen) atoms. The van der Waals surface area contributed by atoms with Gasteiger partial charge in [0.05, 0.1) is 10.6 Å². The number of imide groups is 1. The van der Waals surface area contributed by atoms with Crippen LogP contribution in [0.25, 0.3) is 0 Å². The monoisotopic (exact) mass is 404 g/mol. The maximum absolute atomic E-state index is 12.6. The lowest BCUT2D eigenvalue weighted by Gasteiger charge is -2.16. The normalized spacial score (nSPS) is 21.8. The number of likely N-dealkylation sites (tertiary alicyclic amines) is 1. The van der Waals surface area contributed by atoms with Crippen LogP contribution in [0.5, 0.6) is 0 Å². The van der Waals surface area contributed by atoms with Crippen molar-refractivity contribution < 1.29 is 32.4 Å². The van der Waals surface area contributed by atoms with Crippen LogP contribution in [0.2, 0.25) is 5.02 Å². The van der Waals surface area contributed by atoms with Crippen LogP contribution in [0.15, 0.2) is 17.4 Å². The number of nitrogens with one attached hydrogen (secondary N) is 1. The minimum Gasteiger partial charge on any atom is -0.381 e. The second-order valence-corrected chi connectivity index (χ2v) is 6.25. The summed E-state index contributed by atoms with van der Waals surface area (Å²) in [6.07, 6.45) is -5.12. The van der Waals surface area contributed by atoms with E-state index in [2.05, 4.69) is 15.5 Å². The number of pyridine rings is 1. The number of hydrogen-bond acceptors (Lipinski definition) is 7. The molecule has 1 aromatic rings. The zero-order valence-corrected chi connectivity index (χ0v) is 14.5. The number of anilines is 1. The highest BCUT2D eigenvalue weighted by Gasteiger charge is 2.56. The third-order valence-electron chi connectivity index (χ3n) is 4.06. The SMILES string of the molecule is CC(=O)C1=NO[C@H]2C(=O)N(CCNc3ncc(C(F)(F)F)cc3Cl)C(=O)[C@@H]12. The fraction of sp³-hybridized carbons (Fsp3) is 0.400. The summed E-state index contributed by atoms with van der Waals surface area (Å²) < 4.78 is 37.8. The van der Waals surface area contributed by atoms with Crippen LogP contribution in [-0.4, -0.2) is 52.4 Å². The molecule has 0 spiro atoms. The van der Waals surface area contributed by atoms with Crippen LogP contribution in [0.1, 0.15) is 12.5 Å². The topological polar surface area (TPSA) is 101 Å². The van der Waals surface area contributed by atoms with Crippen LogP contribution in [-0.2, 0) is 25.4 Å². The standard InChI is InChI=1S/C15H12ClF3N4O4/c1-6(24)10-9-11(27-22-10)14(26)23(13(9)25)3-2-20-12-8(16)4-7(5-21-12)15(17,18)19/h4-5,9,11H,2-3H2,1H3,(H,20,21)/t9-,11+/m0/s1. The van der Waals surface area contributed by atoms with Gasteiger partial charge in [-0.05, 0) is 6.07 Å². The number of hydrogen-bond donors (Lipinski definition) is 1. The first-order valence-corrected chi connectivity index (χ1v) is 8.05. The van der Waals surface area contributed by atoms with Crippen LogP contribution in [0.4, 0.5) is 19.0 Å². The molecule has 3 rings (SSSR count). The second-order valence-electron chi connectivity index (χ2n) is 5.84. The van der Waals surface area contributed by atoms with Crippen molar-refractivity contribution in [1.82, 2.24) is 9.88 Å². The summed E-state index contributed by atoms with van der Waals surface area (Å²) in [6.45, 7) is 1.09. The molecule has 8 nitrogen and oxygen atoms in total. The van der Waals surface area contributed by atoms with E-state index >= 15 is 0 Å². The Kier molecular flexibility index (Phi) is 4.81. The molecule has 1 saturated heterocycles. The number of amides is 2. The molecule has 2 atom stereocenters. The average Bonchev–Trinajstić information content (AvgIpc) is 3.11. The lowest BCUT2D eigenvalue weighted by Crippen LogP contribution is -2.37.